The third-order valence-corrected chi connectivity index (χ3v) is 3.80. The van der Waals surface area contributed by atoms with Crippen molar-refractivity contribution in [3.63, 3.8) is 0 Å². The number of rotatable bonds is 5. The Balaban J connectivity index is 2.00. The van der Waals surface area contributed by atoms with Gasteiger partial charge in [0.05, 0.1) is 12.7 Å². The van der Waals surface area contributed by atoms with Crippen molar-refractivity contribution in [2.75, 3.05) is 7.11 Å². The van der Waals surface area contributed by atoms with Gasteiger partial charge in [-0.2, -0.15) is 11.3 Å². The molecule has 0 saturated heterocycles. The van der Waals surface area contributed by atoms with Crippen LogP contribution in [0, 0.1) is 5.82 Å². The van der Waals surface area contributed by atoms with Gasteiger partial charge in [-0.05, 0) is 47.0 Å². The fraction of sp³-hybridized carbons (Fsp3) is 0.267. The number of hydrogen-bond acceptors (Lipinski definition) is 4. The van der Waals surface area contributed by atoms with Crippen LogP contribution in [0.5, 0.6) is 0 Å². The zero-order valence-electron chi connectivity index (χ0n) is 11.4. The molecule has 0 aliphatic carbocycles. The van der Waals surface area contributed by atoms with Crippen molar-refractivity contribution in [1.82, 2.24) is 5.32 Å². The van der Waals surface area contributed by atoms with E-state index in [0.717, 1.165) is 5.56 Å². The molecule has 0 saturated carbocycles. The highest BCUT2D eigenvalue weighted by molar-refractivity contribution is 7.07. The molecule has 1 heterocycles. The number of benzene rings is 1. The Bertz CT molecular complexity index is 584. The average Bonchev–Trinajstić information content (AvgIpc) is 2.98. The number of hydrogen-bond donors (Lipinski definition) is 1. The number of ether oxygens (including phenoxy) is 1. The fourth-order valence-electron chi connectivity index (χ4n) is 1.85. The first kappa shape index (κ1) is 14.7. The first-order valence-corrected chi connectivity index (χ1v) is 7.18. The third kappa shape index (κ3) is 3.43. The summed E-state index contributed by atoms with van der Waals surface area (Å²) >= 11 is 1.65. The summed E-state index contributed by atoms with van der Waals surface area (Å²) in [5.41, 5.74) is 1.96. The van der Waals surface area contributed by atoms with Crippen LogP contribution in [0.4, 0.5) is 4.39 Å². The number of methoxy groups -OCH3 is 1. The van der Waals surface area contributed by atoms with E-state index in [-0.39, 0.29) is 11.6 Å². The van der Waals surface area contributed by atoms with E-state index >= 15 is 0 Å². The number of halogens is 1. The molecule has 0 radical (unpaired) electrons. The van der Waals surface area contributed by atoms with Crippen LogP contribution in [0.25, 0.3) is 0 Å². The molecule has 20 heavy (non-hydrogen) atoms. The first-order chi connectivity index (χ1) is 9.61. The van der Waals surface area contributed by atoms with Crippen LogP contribution in [0.15, 0.2) is 35.0 Å². The Labute approximate surface area is 121 Å². The second-order valence-corrected chi connectivity index (χ2v) is 5.25. The van der Waals surface area contributed by atoms with Gasteiger partial charge in [0.2, 0.25) is 0 Å². The van der Waals surface area contributed by atoms with Crippen molar-refractivity contribution in [3.8, 4) is 0 Å². The molecular weight excluding hydrogens is 277 g/mol. The number of thiophene rings is 1. The van der Waals surface area contributed by atoms with Crippen LogP contribution in [0.3, 0.4) is 0 Å². The van der Waals surface area contributed by atoms with Crippen LogP contribution >= 0.6 is 11.3 Å². The smallest absolute Gasteiger partial charge is 0.340 e. The van der Waals surface area contributed by atoms with Gasteiger partial charge in [0.15, 0.2) is 0 Å². The molecule has 2 aromatic rings. The maximum Gasteiger partial charge on any atom is 0.340 e. The molecule has 0 fully saturated rings. The SMILES string of the molecule is COC(=O)c1ccc(CNC(C)c2ccsc2)cc1F. The third-order valence-electron chi connectivity index (χ3n) is 3.09. The van der Waals surface area contributed by atoms with E-state index in [4.69, 9.17) is 0 Å². The molecule has 0 spiro atoms. The molecule has 1 N–H and O–H groups in total. The summed E-state index contributed by atoms with van der Waals surface area (Å²) in [4.78, 5) is 11.3. The summed E-state index contributed by atoms with van der Waals surface area (Å²) in [6.45, 7) is 2.59. The molecule has 0 aliphatic rings. The fourth-order valence-corrected chi connectivity index (χ4v) is 2.61. The summed E-state index contributed by atoms with van der Waals surface area (Å²) in [6, 6.07) is 6.79. The molecule has 1 atom stereocenters. The van der Waals surface area contributed by atoms with E-state index in [1.807, 2.05) is 5.38 Å². The van der Waals surface area contributed by atoms with Gasteiger partial charge >= 0.3 is 5.97 Å². The topological polar surface area (TPSA) is 38.3 Å². The van der Waals surface area contributed by atoms with Crippen molar-refractivity contribution in [2.45, 2.75) is 19.5 Å². The molecule has 0 bridgehead atoms. The lowest BCUT2D eigenvalue weighted by Gasteiger charge is -2.13. The minimum Gasteiger partial charge on any atom is -0.465 e. The lowest BCUT2D eigenvalue weighted by atomic mass is 10.1. The zero-order chi connectivity index (χ0) is 14.5. The Hall–Kier alpha value is -1.72. The van der Waals surface area contributed by atoms with E-state index < -0.39 is 11.8 Å². The van der Waals surface area contributed by atoms with Gasteiger partial charge in [-0.3, -0.25) is 0 Å². The molecule has 5 heteroatoms. The minimum absolute atomic E-state index is 0.0397. The maximum atomic E-state index is 13.8. The Kier molecular flexibility index (Phi) is 4.87. The van der Waals surface area contributed by atoms with Gasteiger partial charge in [-0.1, -0.05) is 6.07 Å². The predicted molar refractivity (Wildman–Crippen MR) is 77.3 cm³/mol. The van der Waals surface area contributed by atoms with Crippen molar-refractivity contribution in [3.05, 3.63) is 57.5 Å². The van der Waals surface area contributed by atoms with Gasteiger partial charge in [0.1, 0.15) is 5.82 Å². The van der Waals surface area contributed by atoms with E-state index in [1.165, 1.54) is 24.8 Å². The van der Waals surface area contributed by atoms with Crippen molar-refractivity contribution < 1.29 is 13.9 Å². The number of carbonyl (C=O) groups excluding carboxylic acids is 1. The molecular formula is C15H16FNO2S. The van der Waals surface area contributed by atoms with Crippen molar-refractivity contribution >= 4 is 17.3 Å². The molecule has 1 aromatic carbocycles. The minimum atomic E-state index is -0.659. The van der Waals surface area contributed by atoms with Crippen LogP contribution in [0.2, 0.25) is 0 Å². The van der Waals surface area contributed by atoms with E-state index in [1.54, 1.807) is 17.4 Å². The van der Waals surface area contributed by atoms with Crippen molar-refractivity contribution in [1.29, 1.82) is 0 Å². The average molecular weight is 293 g/mol. The number of carbonyl (C=O) groups is 1. The molecule has 0 aliphatic heterocycles. The Morgan fingerprint density at radius 2 is 2.25 bits per heavy atom. The quantitative estimate of drug-likeness (QED) is 0.857. The predicted octanol–water partition coefficient (Wildman–Crippen LogP) is 3.52. The summed E-state index contributed by atoms with van der Waals surface area (Å²) in [6.07, 6.45) is 0. The largest absolute Gasteiger partial charge is 0.465 e. The highest BCUT2D eigenvalue weighted by atomic mass is 32.1. The van der Waals surface area contributed by atoms with E-state index in [2.05, 4.69) is 28.4 Å². The number of esters is 1. The molecule has 0 amide bonds. The Morgan fingerprint density at radius 1 is 1.45 bits per heavy atom. The molecule has 1 aromatic heterocycles. The highest BCUT2D eigenvalue weighted by Crippen LogP contribution is 2.17. The van der Waals surface area contributed by atoms with Crippen LogP contribution in [0.1, 0.15) is 34.5 Å². The van der Waals surface area contributed by atoms with Crippen LogP contribution in [-0.2, 0) is 11.3 Å². The van der Waals surface area contributed by atoms with E-state index in [9.17, 15) is 9.18 Å². The maximum absolute atomic E-state index is 13.8. The van der Waals surface area contributed by atoms with Gasteiger partial charge in [-0.15, -0.1) is 0 Å². The second kappa shape index (κ2) is 6.63. The van der Waals surface area contributed by atoms with Crippen molar-refractivity contribution in [2.24, 2.45) is 0 Å². The molecule has 106 valence electrons. The number of nitrogens with one attached hydrogen (secondary N) is 1. The first-order valence-electron chi connectivity index (χ1n) is 6.24. The molecule has 2 rings (SSSR count). The lowest BCUT2D eigenvalue weighted by molar-refractivity contribution is 0.0595. The molecule has 1 unspecified atom stereocenters. The monoisotopic (exact) mass is 293 g/mol. The summed E-state index contributed by atoms with van der Waals surface area (Å²) in [5.74, 6) is -1.21. The summed E-state index contributed by atoms with van der Waals surface area (Å²) in [5, 5.41) is 7.42. The van der Waals surface area contributed by atoms with Gasteiger partial charge < -0.3 is 10.1 Å². The van der Waals surface area contributed by atoms with Crippen LogP contribution < -0.4 is 5.32 Å². The standard InChI is InChI=1S/C15H16FNO2S/c1-10(12-5-6-20-9-12)17-8-11-3-4-13(14(16)7-11)15(18)19-2/h3-7,9-10,17H,8H2,1-2H3. The van der Waals surface area contributed by atoms with Gasteiger partial charge in [-0.25, -0.2) is 9.18 Å². The molecule has 3 nitrogen and oxygen atoms in total. The van der Waals surface area contributed by atoms with E-state index in [0.29, 0.717) is 6.54 Å². The van der Waals surface area contributed by atoms with Crippen LogP contribution in [-0.4, -0.2) is 13.1 Å². The Morgan fingerprint density at radius 3 is 2.85 bits per heavy atom. The zero-order valence-corrected chi connectivity index (χ0v) is 12.2. The second-order valence-electron chi connectivity index (χ2n) is 4.47. The van der Waals surface area contributed by atoms with Gasteiger partial charge in [0.25, 0.3) is 0 Å². The highest BCUT2D eigenvalue weighted by Gasteiger charge is 2.12. The van der Waals surface area contributed by atoms with Gasteiger partial charge in [0, 0.05) is 12.6 Å². The normalized spacial score (nSPS) is 12.2. The lowest BCUT2D eigenvalue weighted by Crippen LogP contribution is -2.18. The summed E-state index contributed by atoms with van der Waals surface area (Å²) < 4.78 is 18.3. The summed E-state index contributed by atoms with van der Waals surface area (Å²) in [7, 11) is 1.24.